The third-order valence-electron chi connectivity index (χ3n) is 2.83. The highest BCUT2D eigenvalue weighted by Gasteiger charge is 2.16. The molecule has 1 aromatic carbocycles. The average molecular weight is 282 g/mol. The summed E-state index contributed by atoms with van der Waals surface area (Å²) in [6.45, 7) is 0.811. The molecule has 0 aliphatic rings. The highest BCUT2D eigenvalue weighted by Crippen LogP contribution is 2.23. The van der Waals surface area contributed by atoms with Crippen molar-refractivity contribution in [2.75, 3.05) is 41.5 Å². The first kappa shape index (κ1) is 16.3. The van der Waals surface area contributed by atoms with Gasteiger partial charge in [-0.25, -0.2) is 0 Å². The van der Waals surface area contributed by atoms with Crippen molar-refractivity contribution in [2.24, 2.45) is 5.73 Å². The smallest absolute Gasteiger partial charge is 0.253 e. The zero-order valence-electron chi connectivity index (χ0n) is 12.4. The third-order valence-corrected chi connectivity index (χ3v) is 2.83. The zero-order chi connectivity index (χ0) is 15.1. The van der Waals surface area contributed by atoms with Gasteiger partial charge in [0.2, 0.25) is 0 Å². The molecule has 1 atom stereocenters. The van der Waals surface area contributed by atoms with E-state index in [1.54, 1.807) is 51.5 Å². The molecule has 0 aliphatic carbocycles. The second kappa shape index (κ2) is 7.72. The molecular formula is C14H22N2O4. The number of ether oxygens (including phenoxy) is 3. The minimum absolute atomic E-state index is 0.145. The van der Waals surface area contributed by atoms with Crippen molar-refractivity contribution in [3.63, 3.8) is 0 Å². The summed E-state index contributed by atoms with van der Waals surface area (Å²) in [5.41, 5.74) is 6.34. The van der Waals surface area contributed by atoms with Gasteiger partial charge in [0.05, 0.1) is 20.8 Å². The van der Waals surface area contributed by atoms with Gasteiger partial charge in [0.25, 0.3) is 5.91 Å². The van der Waals surface area contributed by atoms with Crippen molar-refractivity contribution in [1.82, 2.24) is 4.90 Å². The van der Waals surface area contributed by atoms with E-state index in [0.29, 0.717) is 30.2 Å². The molecule has 0 aliphatic heterocycles. The number of hydrogen-bond donors (Lipinski definition) is 1. The predicted octanol–water partition coefficient (Wildman–Crippen LogP) is 0.750. The number of carbonyl (C=O) groups excluding carboxylic acids is 1. The molecule has 0 heterocycles. The minimum Gasteiger partial charge on any atom is -0.497 e. The molecule has 1 amide bonds. The number of hydrogen-bond acceptors (Lipinski definition) is 5. The van der Waals surface area contributed by atoms with Gasteiger partial charge in [0.15, 0.2) is 0 Å². The third kappa shape index (κ3) is 4.40. The zero-order valence-corrected chi connectivity index (χ0v) is 12.4. The Morgan fingerprint density at radius 3 is 2.20 bits per heavy atom. The van der Waals surface area contributed by atoms with Gasteiger partial charge in [-0.3, -0.25) is 4.79 Å². The maximum Gasteiger partial charge on any atom is 0.253 e. The Kier molecular flexibility index (Phi) is 6.27. The molecule has 112 valence electrons. The van der Waals surface area contributed by atoms with E-state index in [1.807, 2.05) is 0 Å². The van der Waals surface area contributed by atoms with E-state index < -0.39 is 0 Å². The lowest BCUT2D eigenvalue weighted by Gasteiger charge is -2.21. The number of likely N-dealkylation sites (N-methyl/N-ethyl adjacent to an activating group) is 1. The summed E-state index contributed by atoms with van der Waals surface area (Å²) in [5, 5.41) is 0. The largest absolute Gasteiger partial charge is 0.497 e. The first-order valence-electron chi connectivity index (χ1n) is 6.24. The van der Waals surface area contributed by atoms with E-state index in [4.69, 9.17) is 19.9 Å². The standard InChI is InChI=1S/C14H22N2O4/c1-16(8-11(15)9-18-2)14(17)10-5-12(19-3)7-13(6-10)20-4/h5-7,11H,8-9,15H2,1-4H3. The molecule has 6 nitrogen and oxygen atoms in total. The van der Waals surface area contributed by atoms with Crippen molar-refractivity contribution < 1.29 is 19.0 Å². The van der Waals surface area contributed by atoms with Crippen LogP contribution in [-0.4, -0.2) is 58.4 Å². The molecule has 0 bridgehead atoms. The number of methoxy groups -OCH3 is 3. The average Bonchev–Trinajstić information content (AvgIpc) is 2.45. The van der Waals surface area contributed by atoms with Crippen molar-refractivity contribution in [2.45, 2.75) is 6.04 Å². The Balaban J connectivity index is 2.85. The van der Waals surface area contributed by atoms with E-state index in [-0.39, 0.29) is 11.9 Å². The van der Waals surface area contributed by atoms with Crippen LogP contribution < -0.4 is 15.2 Å². The van der Waals surface area contributed by atoms with Gasteiger partial charge in [0, 0.05) is 38.4 Å². The number of amides is 1. The van der Waals surface area contributed by atoms with Gasteiger partial charge in [-0.1, -0.05) is 0 Å². The Hall–Kier alpha value is -1.79. The van der Waals surface area contributed by atoms with Crippen molar-refractivity contribution in [3.8, 4) is 11.5 Å². The predicted molar refractivity (Wildman–Crippen MR) is 76.4 cm³/mol. The molecular weight excluding hydrogens is 260 g/mol. The number of nitrogens with zero attached hydrogens (tertiary/aromatic N) is 1. The normalized spacial score (nSPS) is 11.8. The summed E-state index contributed by atoms with van der Waals surface area (Å²) in [5.74, 6) is 0.998. The van der Waals surface area contributed by atoms with Crippen LogP contribution >= 0.6 is 0 Å². The summed E-state index contributed by atoms with van der Waals surface area (Å²) >= 11 is 0. The summed E-state index contributed by atoms with van der Waals surface area (Å²) in [7, 11) is 6.36. The molecule has 0 aromatic heterocycles. The fourth-order valence-corrected chi connectivity index (χ4v) is 1.85. The van der Waals surface area contributed by atoms with Crippen LogP contribution in [0.1, 0.15) is 10.4 Å². The second-order valence-electron chi connectivity index (χ2n) is 4.50. The SMILES string of the molecule is COCC(N)CN(C)C(=O)c1cc(OC)cc(OC)c1. The molecule has 1 unspecified atom stereocenters. The van der Waals surface area contributed by atoms with Crippen molar-refractivity contribution in [3.05, 3.63) is 23.8 Å². The topological polar surface area (TPSA) is 74.0 Å². The Morgan fingerprint density at radius 2 is 1.75 bits per heavy atom. The number of benzene rings is 1. The van der Waals surface area contributed by atoms with Gasteiger partial charge in [-0.2, -0.15) is 0 Å². The van der Waals surface area contributed by atoms with E-state index in [2.05, 4.69) is 0 Å². The fourth-order valence-electron chi connectivity index (χ4n) is 1.85. The monoisotopic (exact) mass is 282 g/mol. The van der Waals surface area contributed by atoms with Gasteiger partial charge in [-0.15, -0.1) is 0 Å². The number of rotatable bonds is 7. The van der Waals surface area contributed by atoms with Crippen LogP contribution in [0.3, 0.4) is 0 Å². The minimum atomic E-state index is -0.221. The molecule has 1 rings (SSSR count). The molecule has 0 radical (unpaired) electrons. The van der Waals surface area contributed by atoms with Gasteiger partial charge in [-0.05, 0) is 12.1 Å². The Labute approximate surface area is 119 Å². The maximum atomic E-state index is 12.3. The molecule has 6 heteroatoms. The van der Waals surface area contributed by atoms with Crippen LogP contribution in [-0.2, 0) is 4.74 Å². The lowest BCUT2D eigenvalue weighted by Crippen LogP contribution is -2.41. The first-order valence-corrected chi connectivity index (χ1v) is 6.24. The second-order valence-corrected chi connectivity index (χ2v) is 4.50. The lowest BCUT2D eigenvalue weighted by molar-refractivity contribution is 0.0764. The van der Waals surface area contributed by atoms with E-state index in [1.165, 1.54) is 0 Å². The molecule has 2 N–H and O–H groups in total. The molecule has 0 fully saturated rings. The molecule has 0 spiro atoms. The van der Waals surface area contributed by atoms with Crippen LogP contribution in [0, 0.1) is 0 Å². The van der Waals surface area contributed by atoms with Crippen LogP contribution in [0.25, 0.3) is 0 Å². The molecule has 1 aromatic rings. The highest BCUT2D eigenvalue weighted by atomic mass is 16.5. The van der Waals surface area contributed by atoms with E-state index >= 15 is 0 Å². The lowest BCUT2D eigenvalue weighted by atomic mass is 10.1. The van der Waals surface area contributed by atoms with Gasteiger partial charge < -0.3 is 24.8 Å². The fraction of sp³-hybridized carbons (Fsp3) is 0.500. The Morgan fingerprint density at radius 1 is 1.20 bits per heavy atom. The maximum absolute atomic E-state index is 12.3. The van der Waals surface area contributed by atoms with Crippen LogP contribution in [0.4, 0.5) is 0 Å². The number of carbonyl (C=O) groups is 1. The van der Waals surface area contributed by atoms with E-state index in [0.717, 1.165) is 0 Å². The van der Waals surface area contributed by atoms with Crippen molar-refractivity contribution in [1.29, 1.82) is 0 Å². The highest BCUT2D eigenvalue weighted by molar-refractivity contribution is 5.95. The van der Waals surface area contributed by atoms with Gasteiger partial charge in [0.1, 0.15) is 11.5 Å². The molecule has 0 saturated carbocycles. The van der Waals surface area contributed by atoms with Crippen LogP contribution in [0.15, 0.2) is 18.2 Å². The summed E-state index contributed by atoms with van der Waals surface area (Å²) in [6, 6.07) is 4.83. The van der Waals surface area contributed by atoms with Crippen LogP contribution in [0.2, 0.25) is 0 Å². The first-order chi connectivity index (χ1) is 9.51. The van der Waals surface area contributed by atoms with Gasteiger partial charge >= 0.3 is 0 Å². The molecule has 20 heavy (non-hydrogen) atoms. The van der Waals surface area contributed by atoms with Crippen molar-refractivity contribution >= 4 is 5.91 Å². The summed E-state index contributed by atoms with van der Waals surface area (Å²) < 4.78 is 15.3. The quantitative estimate of drug-likeness (QED) is 0.799. The Bertz CT molecular complexity index is 429. The summed E-state index contributed by atoms with van der Waals surface area (Å²) in [6.07, 6.45) is 0. The molecule has 0 saturated heterocycles. The van der Waals surface area contributed by atoms with Crippen LogP contribution in [0.5, 0.6) is 11.5 Å². The summed E-state index contributed by atoms with van der Waals surface area (Å²) in [4.78, 5) is 13.9. The van der Waals surface area contributed by atoms with E-state index in [9.17, 15) is 4.79 Å². The number of nitrogens with two attached hydrogens (primary N) is 1.